The number of aliphatic hydroxyl groups is 1. The topological polar surface area (TPSA) is 97.3 Å². The summed E-state index contributed by atoms with van der Waals surface area (Å²) in [6, 6.07) is 3.84. The molecule has 1 aromatic carbocycles. The lowest BCUT2D eigenvalue weighted by Crippen LogP contribution is -2.16. The molecule has 0 atom stereocenters. The standard InChI is InChI=1S/C15H16ClN3O2.CH4O/c16-12-6-14-11(5-13(12)18-4-3-17)15(21)9(8-20)7-19(14)10-1-2-10;1-2/h5-8,10,18H,1-4,17H2;2H,1H3. The van der Waals surface area contributed by atoms with E-state index in [0.717, 1.165) is 25.5 Å². The fourth-order valence-corrected chi connectivity index (χ4v) is 2.70. The molecule has 124 valence electrons. The van der Waals surface area contributed by atoms with Crippen molar-refractivity contribution in [1.82, 2.24) is 4.57 Å². The maximum absolute atomic E-state index is 12.4. The number of aliphatic hydroxyl groups excluding tert-OH is 1. The summed E-state index contributed by atoms with van der Waals surface area (Å²) < 4.78 is 1.99. The van der Waals surface area contributed by atoms with Crippen LogP contribution >= 0.6 is 11.6 Å². The van der Waals surface area contributed by atoms with Crippen molar-refractivity contribution in [2.75, 3.05) is 25.5 Å². The van der Waals surface area contributed by atoms with Crippen molar-refractivity contribution in [3.8, 4) is 0 Å². The van der Waals surface area contributed by atoms with E-state index in [9.17, 15) is 9.59 Å². The molecule has 0 spiro atoms. The lowest BCUT2D eigenvalue weighted by Gasteiger charge is -2.14. The highest BCUT2D eigenvalue weighted by molar-refractivity contribution is 6.34. The number of nitrogens with zero attached hydrogens (tertiary/aromatic N) is 1. The van der Waals surface area contributed by atoms with Gasteiger partial charge in [-0.15, -0.1) is 0 Å². The number of hydrogen-bond acceptors (Lipinski definition) is 5. The SMILES string of the molecule is CO.NCCNc1cc2c(=O)c(C=O)cn(C3CC3)c2cc1Cl. The number of hydrogen-bond donors (Lipinski definition) is 3. The van der Waals surface area contributed by atoms with E-state index in [1.165, 1.54) is 0 Å². The number of benzene rings is 1. The van der Waals surface area contributed by atoms with Crippen LogP contribution in [0, 0.1) is 0 Å². The van der Waals surface area contributed by atoms with Crippen LogP contribution < -0.4 is 16.5 Å². The molecule has 1 aliphatic rings. The van der Waals surface area contributed by atoms with Crippen LogP contribution in [0.15, 0.2) is 23.1 Å². The van der Waals surface area contributed by atoms with Gasteiger partial charge >= 0.3 is 0 Å². The number of nitrogens with two attached hydrogens (primary N) is 1. The fraction of sp³-hybridized carbons (Fsp3) is 0.375. The van der Waals surface area contributed by atoms with Crippen molar-refractivity contribution in [1.29, 1.82) is 0 Å². The number of nitrogens with one attached hydrogen (secondary N) is 1. The second-order valence-electron chi connectivity index (χ2n) is 5.23. The van der Waals surface area contributed by atoms with Crippen molar-refractivity contribution >= 4 is 34.5 Å². The van der Waals surface area contributed by atoms with Gasteiger partial charge in [0.2, 0.25) is 0 Å². The Morgan fingerprint density at radius 3 is 2.70 bits per heavy atom. The van der Waals surface area contributed by atoms with Gasteiger partial charge in [-0.3, -0.25) is 9.59 Å². The Morgan fingerprint density at radius 2 is 2.13 bits per heavy atom. The van der Waals surface area contributed by atoms with Gasteiger partial charge in [0.05, 0.1) is 21.8 Å². The predicted molar refractivity (Wildman–Crippen MR) is 92.6 cm³/mol. The van der Waals surface area contributed by atoms with Crippen LogP contribution in [0.1, 0.15) is 29.2 Å². The highest BCUT2D eigenvalue weighted by atomic mass is 35.5. The van der Waals surface area contributed by atoms with Gasteiger partial charge in [0, 0.05) is 37.8 Å². The first-order chi connectivity index (χ1) is 11.2. The minimum absolute atomic E-state index is 0.182. The minimum atomic E-state index is -0.260. The zero-order chi connectivity index (χ0) is 17.0. The predicted octanol–water partition coefficient (Wildman–Crippen LogP) is 1.78. The van der Waals surface area contributed by atoms with Gasteiger partial charge in [-0.2, -0.15) is 0 Å². The molecule has 0 saturated heterocycles. The molecule has 0 unspecified atom stereocenters. The van der Waals surface area contributed by atoms with Gasteiger partial charge in [0.15, 0.2) is 11.7 Å². The summed E-state index contributed by atoms with van der Waals surface area (Å²) >= 11 is 6.27. The van der Waals surface area contributed by atoms with Gasteiger partial charge in [0.25, 0.3) is 0 Å². The third-order valence-electron chi connectivity index (χ3n) is 3.68. The second kappa shape index (κ2) is 7.59. The highest BCUT2D eigenvalue weighted by Crippen LogP contribution is 2.38. The largest absolute Gasteiger partial charge is 0.400 e. The van der Waals surface area contributed by atoms with E-state index in [2.05, 4.69) is 5.32 Å². The van der Waals surface area contributed by atoms with Gasteiger partial charge in [-0.1, -0.05) is 11.6 Å². The van der Waals surface area contributed by atoms with E-state index in [4.69, 9.17) is 22.4 Å². The zero-order valence-corrected chi connectivity index (χ0v) is 13.6. The third kappa shape index (κ3) is 3.55. The summed E-state index contributed by atoms with van der Waals surface area (Å²) in [5.74, 6) is 0. The average Bonchev–Trinajstić information content (AvgIpc) is 3.40. The summed E-state index contributed by atoms with van der Waals surface area (Å²) in [6.07, 6.45) is 4.36. The van der Waals surface area contributed by atoms with Crippen LogP contribution in [0.25, 0.3) is 10.9 Å². The van der Waals surface area contributed by atoms with Crippen molar-refractivity contribution < 1.29 is 9.90 Å². The van der Waals surface area contributed by atoms with Crippen LogP contribution in [-0.4, -0.2) is 36.2 Å². The molecular formula is C16H20ClN3O3. The molecule has 0 aliphatic heterocycles. The second-order valence-corrected chi connectivity index (χ2v) is 5.64. The van der Waals surface area contributed by atoms with Crippen LogP contribution in [-0.2, 0) is 0 Å². The Labute approximate surface area is 138 Å². The number of halogens is 1. The molecule has 0 bridgehead atoms. The number of pyridine rings is 1. The maximum atomic E-state index is 12.4. The molecule has 1 saturated carbocycles. The van der Waals surface area contributed by atoms with Crippen molar-refractivity contribution in [2.24, 2.45) is 5.73 Å². The number of carbonyl (C=O) groups is 1. The normalized spacial score (nSPS) is 13.4. The Morgan fingerprint density at radius 1 is 1.43 bits per heavy atom. The first kappa shape index (κ1) is 17.5. The summed E-state index contributed by atoms with van der Waals surface area (Å²) in [6.45, 7) is 1.03. The van der Waals surface area contributed by atoms with Crippen LogP contribution in [0.5, 0.6) is 0 Å². The molecule has 1 heterocycles. The molecular weight excluding hydrogens is 318 g/mol. The summed E-state index contributed by atoms with van der Waals surface area (Å²) in [4.78, 5) is 23.5. The van der Waals surface area contributed by atoms with Crippen molar-refractivity contribution in [2.45, 2.75) is 18.9 Å². The molecule has 1 fully saturated rings. The van der Waals surface area contributed by atoms with Gasteiger partial charge < -0.3 is 20.7 Å². The molecule has 1 aliphatic carbocycles. The number of anilines is 1. The molecule has 7 heteroatoms. The Kier molecular flexibility index (Phi) is 5.76. The Bertz CT molecular complexity index is 769. The smallest absolute Gasteiger partial charge is 0.199 e. The molecule has 0 radical (unpaired) electrons. The van der Waals surface area contributed by atoms with Crippen molar-refractivity contribution in [3.05, 3.63) is 39.1 Å². The zero-order valence-electron chi connectivity index (χ0n) is 12.9. The maximum Gasteiger partial charge on any atom is 0.199 e. The van der Waals surface area contributed by atoms with E-state index in [1.807, 2.05) is 4.57 Å². The quantitative estimate of drug-likeness (QED) is 0.722. The number of aldehydes is 1. The summed E-state index contributed by atoms with van der Waals surface area (Å²) in [5.41, 5.74) is 6.83. The average molecular weight is 338 g/mol. The monoisotopic (exact) mass is 337 g/mol. The highest BCUT2D eigenvalue weighted by Gasteiger charge is 2.25. The lowest BCUT2D eigenvalue weighted by atomic mass is 10.1. The van der Waals surface area contributed by atoms with E-state index < -0.39 is 0 Å². The molecule has 0 amide bonds. The third-order valence-corrected chi connectivity index (χ3v) is 3.99. The molecule has 4 N–H and O–H groups in total. The van der Waals surface area contributed by atoms with Crippen molar-refractivity contribution in [3.63, 3.8) is 0 Å². The van der Waals surface area contributed by atoms with Crippen LogP contribution in [0.4, 0.5) is 5.69 Å². The van der Waals surface area contributed by atoms with Gasteiger partial charge in [0.1, 0.15) is 0 Å². The molecule has 6 nitrogen and oxygen atoms in total. The minimum Gasteiger partial charge on any atom is -0.400 e. The first-order valence-corrected chi connectivity index (χ1v) is 7.75. The van der Waals surface area contributed by atoms with E-state index in [1.54, 1.807) is 18.3 Å². The van der Waals surface area contributed by atoms with Crippen LogP contribution in [0.3, 0.4) is 0 Å². The Hall–Kier alpha value is -1.89. The van der Waals surface area contributed by atoms with Gasteiger partial charge in [-0.25, -0.2) is 0 Å². The number of rotatable bonds is 5. The van der Waals surface area contributed by atoms with Gasteiger partial charge in [-0.05, 0) is 25.0 Å². The summed E-state index contributed by atoms with van der Waals surface area (Å²) in [7, 11) is 1.00. The van der Waals surface area contributed by atoms with E-state index in [-0.39, 0.29) is 11.0 Å². The van der Waals surface area contributed by atoms with E-state index >= 15 is 0 Å². The number of aromatic nitrogens is 1. The molecule has 23 heavy (non-hydrogen) atoms. The molecule has 2 aromatic rings. The van der Waals surface area contributed by atoms with Crippen LogP contribution in [0.2, 0.25) is 5.02 Å². The lowest BCUT2D eigenvalue weighted by molar-refractivity contribution is 0.112. The fourth-order valence-electron chi connectivity index (χ4n) is 2.47. The Balaban J connectivity index is 0.000000924. The number of fused-ring (bicyclic) bond motifs is 1. The number of carbonyl (C=O) groups excluding carboxylic acids is 1. The van der Waals surface area contributed by atoms with E-state index in [0.29, 0.717) is 41.5 Å². The first-order valence-electron chi connectivity index (χ1n) is 7.38. The summed E-state index contributed by atoms with van der Waals surface area (Å²) in [5, 5.41) is 11.1. The molecule has 3 rings (SSSR count). The molecule has 1 aromatic heterocycles.